The van der Waals surface area contributed by atoms with Crippen molar-refractivity contribution < 1.29 is 22.7 Å². The number of ether oxygens (including phenoxy) is 2. The minimum absolute atomic E-state index is 0.0353. The molecule has 2 fully saturated rings. The fraction of sp³-hybridized carbons (Fsp3) is 0.611. The van der Waals surface area contributed by atoms with E-state index in [1.54, 1.807) is 17.0 Å². The number of carbonyl (C=O) groups is 1. The number of sulfonamides is 1. The number of hydrogen-bond acceptors (Lipinski definition) is 5. The largest absolute Gasteiger partial charge is 0.376 e. The lowest BCUT2D eigenvalue weighted by molar-refractivity contribution is 0.0524. The van der Waals surface area contributed by atoms with Gasteiger partial charge in [-0.2, -0.15) is 0 Å². The van der Waals surface area contributed by atoms with E-state index in [1.807, 2.05) is 0 Å². The molecule has 2 heterocycles. The van der Waals surface area contributed by atoms with Crippen molar-refractivity contribution in [2.75, 3.05) is 38.7 Å². The molecule has 0 radical (unpaired) electrons. The first kappa shape index (κ1) is 20.1. The van der Waals surface area contributed by atoms with Crippen LogP contribution in [0.15, 0.2) is 29.2 Å². The van der Waals surface area contributed by atoms with Gasteiger partial charge < -0.3 is 19.7 Å². The third-order valence-electron chi connectivity index (χ3n) is 4.85. The first-order chi connectivity index (χ1) is 13.0. The van der Waals surface area contributed by atoms with Crippen LogP contribution in [-0.2, 0) is 19.5 Å². The third kappa shape index (κ3) is 5.41. The van der Waals surface area contributed by atoms with Crippen molar-refractivity contribution in [3.63, 3.8) is 0 Å². The Bertz CT molecular complexity index is 725. The Morgan fingerprint density at radius 3 is 2.30 bits per heavy atom. The Labute approximate surface area is 160 Å². The highest BCUT2D eigenvalue weighted by Gasteiger charge is 2.27. The summed E-state index contributed by atoms with van der Waals surface area (Å²) in [4.78, 5) is 14.7. The van der Waals surface area contributed by atoms with Gasteiger partial charge in [0.05, 0.1) is 17.1 Å². The van der Waals surface area contributed by atoms with Crippen LogP contribution in [0.2, 0.25) is 0 Å². The summed E-state index contributed by atoms with van der Waals surface area (Å²) in [6.45, 7) is 2.45. The van der Waals surface area contributed by atoms with Crippen LogP contribution < -0.4 is 10.0 Å². The van der Waals surface area contributed by atoms with Gasteiger partial charge in [-0.25, -0.2) is 17.9 Å². The number of urea groups is 1. The predicted molar refractivity (Wildman–Crippen MR) is 101 cm³/mol. The fourth-order valence-electron chi connectivity index (χ4n) is 3.37. The first-order valence-electron chi connectivity index (χ1n) is 9.30. The lowest BCUT2D eigenvalue weighted by Gasteiger charge is -2.28. The zero-order valence-electron chi connectivity index (χ0n) is 15.5. The lowest BCUT2D eigenvalue weighted by Crippen LogP contribution is -2.44. The summed E-state index contributed by atoms with van der Waals surface area (Å²) in [7, 11) is -2.22. The van der Waals surface area contributed by atoms with Gasteiger partial charge in [-0.05, 0) is 50.9 Å². The van der Waals surface area contributed by atoms with E-state index < -0.39 is 10.0 Å². The molecular weight excluding hydrogens is 370 g/mol. The van der Waals surface area contributed by atoms with E-state index in [2.05, 4.69) is 10.0 Å². The standard InChI is InChI=1S/C18H27N3O5S/c1-19-27(23,24)17-8-2-5-14(11-17)20-18(22)21(12-15-6-3-9-25-15)13-16-7-4-10-26-16/h2,5,8,11,15-16,19H,3-4,6-7,9-10,12-13H2,1H3,(H,20,22)/t15-,16+. The van der Waals surface area contributed by atoms with Gasteiger partial charge in [0.15, 0.2) is 0 Å². The zero-order valence-corrected chi connectivity index (χ0v) is 16.3. The molecule has 2 amide bonds. The molecule has 0 aromatic heterocycles. The normalized spacial score (nSPS) is 22.7. The van der Waals surface area contributed by atoms with Gasteiger partial charge in [-0.15, -0.1) is 0 Å². The van der Waals surface area contributed by atoms with Crippen LogP contribution in [0.3, 0.4) is 0 Å². The molecule has 8 nitrogen and oxygen atoms in total. The summed E-state index contributed by atoms with van der Waals surface area (Å²) >= 11 is 0. The molecule has 3 rings (SSSR count). The number of hydrogen-bond donors (Lipinski definition) is 2. The monoisotopic (exact) mass is 397 g/mol. The van der Waals surface area contributed by atoms with Gasteiger partial charge in [-0.3, -0.25) is 0 Å². The zero-order chi connectivity index (χ0) is 19.3. The third-order valence-corrected chi connectivity index (χ3v) is 6.26. The van der Waals surface area contributed by atoms with Crippen molar-refractivity contribution >= 4 is 21.7 Å². The van der Waals surface area contributed by atoms with E-state index in [4.69, 9.17) is 9.47 Å². The van der Waals surface area contributed by atoms with Crippen LogP contribution in [0, 0.1) is 0 Å². The average Bonchev–Trinajstić information content (AvgIpc) is 3.35. The maximum absolute atomic E-state index is 12.9. The summed E-state index contributed by atoms with van der Waals surface area (Å²) < 4.78 is 37.6. The van der Waals surface area contributed by atoms with Gasteiger partial charge in [-0.1, -0.05) is 6.07 Å². The highest BCUT2D eigenvalue weighted by Crippen LogP contribution is 2.19. The van der Waals surface area contributed by atoms with Gasteiger partial charge >= 0.3 is 6.03 Å². The van der Waals surface area contributed by atoms with E-state index in [1.165, 1.54) is 19.2 Å². The molecular formula is C18H27N3O5S. The number of rotatable bonds is 7. The van der Waals surface area contributed by atoms with E-state index in [0.717, 1.165) is 38.9 Å². The predicted octanol–water partition coefficient (Wildman–Crippen LogP) is 1.79. The Balaban J connectivity index is 1.70. The van der Waals surface area contributed by atoms with Gasteiger partial charge in [0.1, 0.15) is 0 Å². The van der Waals surface area contributed by atoms with Gasteiger partial charge in [0.2, 0.25) is 10.0 Å². The minimum atomic E-state index is -3.57. The second-order valence-corrected chi connectivity index (χ2v) is 8.73. The van der Waals surface area contributed by atoms with Crippen molar-refractivity contribution in [3.05, 3.63) is 24.3 Å². The van der Waals surface area contributed by atoms with E-state index in [9.17, 15) is 13.2 Å². The Kier molecular flexibility index (Phi) is 6.69. The molecule has 2 N–H and O–H groups in total. The van der Waals surface area contributed by atoms with Crippen LogP contribution in [0.5, 0.6) is 0 Å². The molecule has 2 saturated heterocycles. The first-order valence-corrected chi connectivity index (χ1v) is 10.8. The smallest absolute Gasteiger partial charge is 0.322 e. The quantitative estimate of drug-likeness (QED) is 0.731. The van der Waals surface area contributed by atoms with Crippen LogP contribution in [0.25, 0.3) is 0 Å². The Morgan fingerprint density at radius 2 is 1.78 bits per heavy atom. The van der Waals surface area contributed by atoms with Crippen LogP contribution in [-0.4, -0.2) is 64.9 Å². The molecule has 27 heavy (non-hydrogen) atoms. The van der Waals surface area contributed by atoms with Crippen molar-refractivity contribution in [3.8, 4) is 0 Å². The van der Waals surface area contributed by atoms with Crippen LogP contribution >= 0.6 is 0 Å². The number of benzene rings is 1. The number of carbonyl (C=O) groups excluding carboxylic acids is 1. The van der Waals surface area contributed by atoms with Crippen LogP contribution in [0.4, 0.5) is 10.5 Å². The maximum atomic E-state index is 12.9. The second-order valence-electron chi connectivity index (χ2n) is 6.84. The summed E-state index contributed by atoms with van der Waals surface area (Å²) in [5, 5.41) is 2.81. The molecule has 0 spiro atoms. The van der Waals surface area contributed by atoms with E-state index in [0.29, 0.717) is 18.8 Å². The number of anilines is 1. The molecule has 9 heteroatoms. The summed E-state index contributed by atoms with van der Waals surface area (Å²) in [6.07, 6.45) is 3.95. The van der Waals surface area contributed by atoms with E-state index >= 15 is 0 Å². The Morgan fingerprint density at radius 1 is 1.15 bits per heavy atom. The van der Waals surface area contributed by atoms with E-state index in [-0.39, 0.29) is 23.1 Å². The maximum Gasteiger partial charge on any atom is 0.322 e. The number of amides is 2. The average molecular weight is 397 g/mol. The van der Waals surface area contributed by atoms with Gasteiger partial charge in [0, 0.05) is 32.0 Å². The lowest BCUT2D eigenvalue weighted by atomic mass is 10.2. The number of nitrogens with one attached hydrogen (secondary N) is 2. The highest BCUT2D eigenvalue weighted by molar-refractivity contribution is 7.89. The van der Waals surface area contributed by atoms with Crippen molar-refractivity contribution in [1.29, 1.82) is 0 Å². The highest BCUT2D eigenvalue weighted by atomic mass is 32.2. The molecule has 1 aromatic carbocycles. The van der Waals surface area contributed by atoms with Gasteiger partial charge in [0.25, 0.3) is 0 Å². The van der Waals surface area contributed by atoms with Crippen LogP contribution in [0.1, 0.15) is 25.7 Å². The summed E-state index contributed by atoms with van der Waals surface area (Å²) in [6, 6.07) is 5.92. The van der Waals surface area contributed by atoms with Crippen molar-refractivity contribution in [2.24, 2.45) is 0 Å². The molecule has 0 bridgehead atoms. The van der Waals surface area contributed by atoms with Crippen molar-refractivity contribution in [2.45, 2.75) is 42.8 Å². The molecule has 0 unspecified atom stereocenters. The molecule has 0 aliphatic carbocycles. The number of nitrogens with zero attached hydrogens (tertiary/aromatic N) is 1. The second kappa shape index (κ2) is 9.01. The summed E-state index contributed by atoms with van der Waals surface area (Å²) in [5.74, 6) is 0. The Hall–Kier alpha value is -1.68. The summed E-state index contributed by atoms with van der Waals surface area (Å²) in [5.41, 5.74) is 0.431. The van der Waals surface area contributed by atoms with Crippen molar-refractivity contribution in [1.82, 2.24) is 9.62 Å². The molecule has 0 saturated carbocycles. The molecule has 2 aliphatic rings. The topological polar surface area (TPSA) is 97.0 Å². The SMILES string of the molecule is CNS(=O)(=O)c1cccc(NC(=O)N(C[C@H]2CCCO2)C[C@@H]2CCCO2)c1. The minimum Gasteiger partial charge on any atom is -0.376 e. The molecule has 2 atom stereocenters. The fourth-order valence-corrected chi connectivity index (χ4v) is 4.15. The molecule has 150 valence electrons. The molecule has 1 aromatic rings. The molecule has 2 aliphatic heterocycles.